The molecule has 5 heteroatoms. The van der Waals surface area contributed by atoms with Crippen LogP contribution in [0, 0.1) is 0 Å². The molecule has 0 saturated carbocycles. The summed E-state index contributed by atoms with van der Waals surface area (Å²) in [4.78, 5) is 12.5. The van der Waals surface area contributed by atoms with Crippen molar-refractivity contribution in [3.8, 4) is 0 Å². The Morgan fingerprint density at radius 1 is 0.472 bits per heavy atom. The van der Waals surface area contributed by atoms with Crippen LogP contribution in [0.3, 0.4) is 0 Å². The Hall–Kier alpha value is -1.17. The van der Waals surface area contributed by atoms with Crippen molar-refractivity contribution in [3.63, 3.8) is 0 Å². The molecule has 0 saturated heterocycles. The number of aliphatic hydroxyl groups excluding tert-OH is 3. The number of carbonyl (C=O) groups is 1. The number of hydrogen-bond donors (Lipinski definition) is 4. The van der Waals surface area contributed by atoms with Crippen LogP contribution >= 0.6 is 0 Å². The van der Waals surface area contributed by atoms with Gasteiger partial charge in [0.1, 0.15) is 0 Å². The Morgan fingerprint density at radius 2 is 0.811 bits per heavy atom. The van der Waals surface area contributed by atoms with Crippen molar-refractivity contribution < 1.29 is 20.1 Å². The Labute approximate surface area is 331 Å². The second-order valence-electron chi connectivity index (χ2n) is 16.4. The van der Waals surface area contributed by atoms with Crippen LogP contribution in [0.5, 0.6) is 0 Å². The van der Waals surface area contributed by atoms with E-state index in [4.69, 9.17) is 0 Å². The summed E-state index contributed by atoms with van der Waals surface area (Å²) in [5.74, 6) is -0.286. The van der Waals surface area contributed by atoms with E-state index in [2.05, 4.69) is 43.5 Å². The zero-order valence-electron chi connectivity index (χ0n) is 35.7. The number of hydrogen-bond acceptors (Lipinski definition) is 4. The highest BCUT2D eigenvalue weighted by atomic mass is 16.3. The van der Waals surface area contributed by atoms with Crippen LogP contribution < -0.4 is 5.32 Å². The highest BCUT2D eigenvalue weighted by molar-refractivity contribution is 5.76. The minimum Gasteiger partial charge on any atom is -0.394 e. The van der Waals surface area contributed by atoms with Gasteiger partial charge in [-0.3, -0.25) is 4.79 Å². The monoisotopic (exact) mass is 748 g/mol. The lowest BCUT2D eigenvalue weighted by molar-refractivity contribution is -0.125. The molecule has 0 radical (unpaired) electrons. The predicted molar refractivity (Wildman–Crippen MR) is 231 cm³/mol. The summed E-state index contributed by atoms with van der Waals surface area (Å²) < 4.78 is 0. The maximum Gasteiger partial charge on any atom is 0.222 e. The Morgan fingerprint density at radius 3 is 1.19 bits per heavy atom. The van der Waals surface area contributed by atoms with Gasteiger partial charge in [-0.25, -0.2) is 0 Å². The molecule has 4 N–H and O–H groups in total. The fourth-order valence-corrected chi connectivity index (χ4v) is 7.38. The quantitative estimate of drug-likeness (QED) is 0.0369. The zero-order chi connectivity index (χ0) is 38.7. The molecule has 3 unspecified atom stereocenters. The molecule has 3 atom stereocenters. The van der Waals surface area contributed by atoms with E-state index >= 15 is 0 Å². The summed E-state index contributed by atoms with van der Waals surface area (Å²) in [5.41, 5.74) is 0. The number of unbranched alkanes of at least 4 members (excludes halogenated alkanes) is 30. The smallest absolute Gasteiger partial charge is 0.222 e. The second kappa shape index (κ2) is 43.6. The summed E-state index contributed by atoms with van der Waals surface area (Å²) in [6.07, 6.45) is 52.9. The number of nitrogens with one attached hydrogen (secondary N) is 1. The highest BCUT2D eigenvalue weighted by Gasteiger charge is 2.21. The lowest BCUT2D eigenvalue weighted by atomic mass is 10.0. The molecule has 0 rings (SSSR count). The number of rotatable bonds is 43. The first kappa shape index (κ1) is 51.8. The van der Waals surface area contributed by atoms with E-state index in [-0.39, 0.29) is 18.9 Å². The van der Waals surface area contributed by atoms with Crippen molar-refractivity contribution in [2.24, 2.45) is 0 Å². The molecule has 0 aromatic carbocycles. The molecule has 1 amide bonds. The lowest BCUT2D eigenvalue weighted by Gasteiger charge is -2.23. The normalized spacial score (nSPS) is 13.7. The Bertz CT molecular complexity index is 784. The van der Waals surface area contributed by atoms with Gasteiger partial charge in [-0.2, -0.15) is 0 Å². The van der Waals surface area contributed by atoms with E-state index in [1.54, 1.807) is 0 Å². The van der Waals surface area contributed by atoms with Crippen LogP contribution in [-0.2, 0) is 4.79 Å². The van der Waals surface area contributed by atoms with Gasteiger partial charge < -0.3 is 20.6 Å². The standard InChI is InChI=1S/C48H93NO4/c1-3-5-7-9-11-13-15-17-19-20-21-22-23-24-25-26-28-29-31-33-35-37-39-41-45(51)43-48(53)49-46(44-50)47(52)42-40-38-36-34-32-30-27-18-16-14-12-10-8-6-4-2/h21-22,24-25,45-47,50-52H,3-20,23,26-44H2,1-2H3,(H,49,53)/b22-21-,25-24-. The van der Waals surface area contributed by atoms with E-state index in [9.17, 15) is 20.1 Å². The molecule has 5 nitrogen and oxygen atoms in total. The Kier molecular flexibility index (Phi) is 42.6. The van der Waals surface area contributed by atoms with Crippen LogP contribution in [0.4, 0.5) is 0 Å². The number of allylic oxidation sites excluding steroid dienone is 4. The molecular formula is C48H93NO4. The van der Waals surface area contributed by atoms with Gasteiger partial charge in [-0.15, -0.1) is 0 Å². The molecule has 314 valence electrons. The van der Waals surface area contributed by atoms with Gasteiger partial charge in [-0.1, -0.05) is 224 Å². The van der Waals surface area contributed by atoms with Gasteiger partial charge in [0.2, 0.25) is 5.91 Å². The minimum atomic E-state index is -0.750. The van der Waals surface area contributed by atoms with Gasteiger partial charge in [-0.05, 0) is 44.9 Å². The van der Waals surface area contributed by atoms with Gasteiger partial charge >= 0.3 is 0 Å². The molecule has 0 spiro atoms. The molecule has 0 bridgehead atoms. The van der Waals surface area contributed by atoms with Crippen LogP contribution in [0.2, 0.25) is 0 Å². The molecular weight excluding hydrogens is 655 g/mol. The summed E-state index contributed by atoms with van der Waals surface area (Å²) in [6.45, 7) is 4.27. The summed E-state index contributed by atoms with van der Waals surface area (Å²) >= 11 is 0. The molecule has 0 heterocycles. The van der Waals surface area contributed by atoms with Crippen LogP contribution in [0.1, 0.15) is 251 Å². The highest BCUT2D eigenvalue weighted by Crippen LogP contribution is 2.16. The average Bonchev–Trinajstić information content (AvgIpc) is 3.15. The van der Waals surface area contributed by atoms with Crippen molar-refractivity contribution in [2.75, 3.05) is 6.61 Å². The van der Waals surface area contributed by atoms with Crippen molar-refractivity contribution in [3.05, 3.63) is 24.3 Å². The minimum absolute atomic E-state index is 0.0325. The first-order chi connectivity index (χ1) is 26.0. The average molecular weight is 748 g/mol. The lowest BCUT2D eigenvalue weighted by Crippen LogP contribution is -2.46. The van der Waals surface area contributed by atoms with Crippen molar-refractivity contribution in [2.45, 2.75) is 270 Å². The third kappa shape index (κ3) is 40.3. The molecule has 0 aliphatic heterocycles. The molecule has 0 aliphatic rings. The van der Waals surface area contributed by atoms with E-state index in [0.29, 0.717) is 12.8 Å². The van der Waals surface area contributed by atoms with E-state index in [1.165, 1.54) is 186 Å². The fraction of sp³-hybridized carbons (Fsp3) is 0.896. The van der Waals surface area contributed by atoms with Crippen LogP contribution in [0.15, 0.2) is 24.3 Å². The van der Waals surface area contributed by atoms with E-state index < -0.39 is 18.2 Å². The predicted octanol–water partition coefficient (Wildman–Crippen LogP) is 13.8. The molecule has 0 aliphatic carbocycles. The maximum absolute atomic E-state index is 12.5. The fourth-order valence-electron chi connectivity index (χ4n) is 7.38. The SMILES string of the molecule is CCCCCCCCCCC/C=C\C/C=C\CCCCCCCCCC(O)CC(=O)NC(CO)C(O)CCCCCCCCCCCCCCCCC. The molecule has 0 aromatic heterocycles. The van der Waals surface area contributed by atoms with Crippen molar-refractivity contribution in [1.29, 1.82) is 0 Å². The van der Waals surface area contributed by atoms with Gasteiger partial charge in [0.25, 0.3) is 0 Å². The van der Waals surface area contributed by atoms with E-state index in [0.717, 1.165) is 32.1 Å². The van der Waals surface area contributed by atoms with Crippen LogP contribution in [-0.4, -0.2) is 46.1 Å². The third-order valence-corrected chi connectivity index (χ3v) is 11.0. The van der Waals surface area contributed by atoms with Crippen LogP contribution in [0.25, 0.3) is 0 Å². The largest absolute Gasteiger partial charge is 0.394 e. The molecule has 0 aromatic rings. The summed E-state index contributed by atoms with van der Waals surface area (Å²) in [7, 11) is 0. The van der Waals surface area contributed by atoms with Crippen molar-refractivity contribution in [1.82, 2.24) is 5.32 Å². The van der Waals surface area contributed by atoms with E-state index in [1.807, 2.05) is 0 Å². The number of aliphatic hydroxyl groups is 3. The number of carbonyl (C=O) groups excluding carboxylic acids is 1. The first-order valence-corrected chi connectivity index (χ1v) is 23.6. The first-order valence-electron chi connectivity index (χ1n) is 23.6. The zero-order valence-corrected chi connectivity index (χ0v) is 35.7. The van der Waals surface area contributed by atoms with Crippen molar-refractivity contribution >= 4 is 5.91 Å². The summed E-state index contributed by atoms with van der Waals surface area (Å²) in [5, 5.41) is 33.4. The van der Waals surface area contributed by atoms with Gasteiger partial charge in [0.15, 0.2) is 0 Å². The van der Waals surface area contributed by atoms with Gasteiger partial charge in [0.05, 0.1) is 31.3 Å². The Balaban J connectivity index is 3.60. The molecule has 0 fully saturated rings. The number of amides is 1. The second-order valence-corrected chi connectivity index (χ2v) is 16.4. The molecule has 53 heavy (non-hydrogen) atoms. The van der Waals surface area contributed by atoms with Gasteiger partial charge in [0, 0.05) is 0 Å². The maximum atomic E-state index is 12.5. The summed E-state index contributed by atoms with van der Waals surface area (Å²) in [6, 6.07) is -0.659. The topological polar surface area (TPSA) is 89.8 Å². The third-order valence-electron chi connectivity index (χ3n) is 11.0.